The largest absolute Gasteiger partial charge is 0.483 e. The molecule has 6 heteroatoms. The van der Waals surface area contributed by atoms with Crippen LogP contribution in [0.4, 0.5) is 5.69 Å². The first-order chi connectivity index (χ1) is 10.1. The smallest absolute Gasteiger partial charge is 0.262 e. The molecule has 0 aliphatic rings. The zero-order valence-corrected chi connectivity index (χ0v) is 12.6. The van der Waals surface area contributed by atoms with Crippen molar-refractivity contribution in [1.82, 2.24) is 0 Å². The molecule has 0 fully saturated rings. The molecule has 0 radical (unpaired) electrons. The summed E-state index contributed by atoms with van der Waals surface area (Å²) in [6.07, 6.45) is 0. The van der Waals surface area contributed by atoms with Crippen molar-refractivity contribution >= 4 is 34.8 Å². The van der Waals surface area contributed by atoms with Gasteiger partial charge in [-0.1, -0.05) is 29.3 Å². The minimum Gasteiger partial charge on any atom is -0.483 e. The molecule has 0 spiro atoms. The van der Waals surface area contributed by atoms with E-state index in [4.69, 9.17) is 33.7 Å². The van der Waals surface area contributed by atoms with E-state index in [0.29, 0.717) is 27.0 Å². The lowest BCUT2D eigenvalue weighted by Gasteiger charge is -2.11. The Morgan fingerprint density at radius 2 is 1.86 bits per heavy atom. The molecule has 110 valence electrons. The highest BCUT2D eigenvalue weighted by atomic mass is 35.5. The summed E-state index contributed by atoms with van der Waals surface area (Å²) in [6.45, 7) is 0.115. The molecule has 0 atom stereocenters. The SMILES string of the molecule is NCc1c(Cl)cccc1OCC(=O)Nc1ccc(Cl)cc1. The van der Waals surface area contributed by atoms with E-state index < -0.39 is 0 Å². The second-order valence-electron chi connectivity index (χ2n) is 4.26. The van der Waals surface area contributed by atoms with Gasteiger partial charge in [0.25, 0.3) is 5.91 Å². The summed E-state index contributed by atoms with van der Waals surface area (Å²) in [6, 6.07) is 12.0. The maximum atomic E-state index is 11.8. The van der Waals surface area contributed by atoms with Crippen LogP contribution in [-0.4, -0.2) is 12.5 Å². The summed E-state index contributed by atoms with van der Waals surface area (Å²) in [5.41, 5.74) is 6.95. The van der Waals surface area contributed by atoms with Crippen LogP contribution in [0.1, 0.15) is 5.56 Å². The van der Waals surface area contributed by atoms with Crippen molar-refractivity contribution in [3.05, 3.63) is 58.1 Å². The van der Waals surface area contributed by atoms with Crippen molar-refractivity contribution in [1.29, 1.82) is 0 Å². The molecular weight excluding hydrogens is 311 g/mol. The zero-order valence-electron chi connectivity index (χ0n) is 11.1. The number of hydrogen-bond donors (Lipinski definition) is 2. The van der Waals surface area contributed by atoms with E-state index in [9.17, 15) is 4.79 Å². The number of ether oxygens (including phenoxy) is 1. The summed E-state index contributed by atoms with van der Waals surface area (Å²) in [4.78, 5) is 11.8. The van der Waals surface area contributed by atoms with Crippen LogP contribution < -0.4 is 15.8 Å². The molecule has 2 rings (SSSR count). The van der Waals surface area contributed by atoms with Crippen molar-refractivity contribution < 1.29 is 9.53 Å². The van der Waals surface area contributed by atoms with E-state index in [-0.39, 0.29) is 19.1 Å². The van der Waals surface area contributed by atoms with Gasteiger partial charge >= 0.3 is 0 Å². The lowest BCUT2D eigenvalue weighted by atomic mass is 10.2. The first kappa shape index (κ1) is 15.6. The molecule has 2 aromatic carbocycles. The van der Waals surface area contributed by atoms with Crippen LogP contribution in [0, 0.1) is 0 Å². The first-order valence-corrected chi connectivity index (χ1v) is 7.01. The molecule has 2 aromatic rings. The predicted octanol–water partition coefficient (Wildman–Crippen LogP) is 3.47. The summed E-state index contributed by atoms with van der Waals surface area (Å²) in [5.74, 6) is 0.233. The van der Waals surface area contributed by atoms with Crippen LogP contribution in [0.5, 0.6) is 5.75 Å². The van der Waals surface area contributed by atoms with Crippen LogP contribution in [0.15, 0.2) is 42.5 Å². The van der Waals surface area contributed by atoms with Crippen LogP contribution in [-0.2, 0) is 11.3 Å². The van der Waals surface area contributed by atoms with Crippen LogP contribution >= 0.6 is 23.2 Å². The van der Waals surface area contributed by atoms with E-state index in [1.54, 1.807) is 42.5 Å². The minimum absolute atomic E-state index is 0.129. The zero-order chi connectivity index (χ0) is 15.2. The molecule has 0 aliphatic carbocycles. The van der Waals surface area contributed by atoms with E-state index in [2.05, 4.69) is 5.32 Å². The fraction of sp³-hybridized carbons (Fsp3) is 0.133. The fourth-order valence-corrected chi connectivity index (χ4v) is 2.11. The third-order valence-corrected chi connectivity index (χ3v) is 3.37. The molecule has 0 unspecified atom stereocenters. The second kappa shape index (κ2) is 7.31. The second-order valence-corrected chi connectivity index (χ2v) is 5.11. The van der Waals surface area contributed by atoms with Gasteiger partial charge in [0.1, 0.15) is 5.75 Å². The number of carbonyl (C=O) groups is 1. The van der Waals surface area contributed by atoms with Gasteiger partial charge in [0, 0.05) is 27.8 Å². The monoisotopic (exact) mass is 324 g/mol. The Hall–Kier alpha value is -1.75. The number of amides is 1. The Morgan fingerprint density at radius 3 is 2.52 bits per heavy atom. The van der Waals surface area contributed by atoms with E-state index in [1.165, 1.54) is 0 Å². The number of nitrogens with one attached hydrogen (secondary N) is 1. The van der Waals surface area contributed by atoms with Crippen molar-refractivity contribution in [2.24, 2.45) is 5.73 Å². The summed E-state index contributed by atoms with van der Waals surface area (Å²) >= 11 is 11.8. The number of rotatable bonds is 5. The lowest BCUT2D eigenvalue weighted by molar-refractivity contribution is -0.118. The third-order valence-electron chi connectivity index (χ3n) is 2.77. The molecular formula is C15H14Cl2N2O2. The Morgan fingerprint density at radius 1 is 1.14 bits per heavy atom. The van der Waals surface area contributed by atoms with Gasteiger partial charge in [0.15, 0.2) is 6.61 Å². The third kappa shape index (κ3) is 4.36. The number of nitrogens with two attached hydrogens (primary N) is 1. The van der Waals surface area contributed by atoms with Gasteiger partial charge in [0.2, 0.25) is 0 Å². The Bertz CT molecular complexity index is 630. The molecule has 0 heterocycles. The topological polar surface area (TPSA) is 64.3 Å². The van der Waals surface area contributed by atoms with E-state index in [0.717, 1.165) is 0 Å². The van der Waals surface area contributed by atoms with E-state index >= 15 is 0 Å². The van der Waals surface area contributed by atoms with Crippen LogP contribution in [0.2, 0.25) is 10.0 Å². The fourth-order valence-electron chi connectivity index (χ4n) is 1.75. The maximum Gasteiger partial charge on any atom is 0.262 e. The molecule has 0 saturated heterocycles. The highest BCUT2D eigenvalue weighted by Crippen LogP contribution is 2.25. The highest BCUT2D eigenvalue weighted by molar-refractivity contribution is 6.31. The molecule has 0 aliphatic heterocycles. The molecule has 3 N–H and O–H groups in total. The molecule has 21 heavy (non-hydrogen) atoms. The molecule has 0 aromatic heterocycles. The van der Waals surface area contributed by atoms with Gasteiger partial charge in [0.05, 0.1) is 0 Å². The van der Waals surface area contributed by atoms with Gasteiger partial charge in [-0.3, -0.25) is 4.79 Å². The van der Waals surface area contributed by atoms with Crippen molar-refractivity contribution in [2.45, 2.75) is 6.54 Å². The predicted molar refractivity (Wildman–Crippen MR) is 84.9 cm³/mol. The van der Waals surface area contributed by atoms with Crippen LogP contribution in [0.25, 0.3) is 0 Å². The summed E-state index contributed by atoms with van der Waals surface area (Å²) < 4.78 is 5.46. The Balaban J connectivity index is 1.95. The van der Waals surface area contributed by atoms with E-state index in [1.807, 2.05) is 0 Å². The van der Waals surface area contributed by atoms with Gasteiger partial charge < -0.3 is 15.8 Å². The standard InChI is InChI=1S/C15H14Cl2N2O2/c16-10-4-6-11(7-5-10)19-15(20)9-21-14-3-1-2-13(17)12(14)8-18/h1-7H,8-9,18H2,(H,19,20). The van der Waals surface area contributed by atoms with Crippen molar-refractivity contribution in [2.75, 3.05) is 11.9 Å². The Kier molecular flexibility index (Phi) is 5.44. The van der Waals surface area contributed by atoms with Gasteiger partial charge in [-0.25, -0.2) is 0 Å². The Labute approximate surface area is 132 Å². The molecule has 4 nitrogen and oxygen atoms in total. The number of halogens is 2. The average Bonchev–Trinajstić information content (AvgIpc) is 2.47. The quantitative estimate of drug-likeness (QED) is 0.885. The highest BCUT2D eigenvalue weighted by Gasteiger charge is 2.09. The van der Waals surface area contributed by atoms with Gasteiger partial charge in [-0.05, 0) is 36.4 Å². The van der Waals surface area contributed by atoms with Crippen molar-refractivity contribution in [3.8, 4) is 5.75 Å². The normalized spacial score (nSPS) is 10.2. The van der Waals surface area contributed by atoms with Crippen molar-refractivity contribution in [3.63, 3.8) is 0 Å². The minimum atomic E-state index is -0.278. The van der Waals surface area contributed by atoms with Crippen LogP contribution in [0.3, 0.4) is 0 Å². The van der Waals surface area contributed by atoms with Gasteiger partial charge in [-0.2, -0.15) is 0 Å². The lowest BCUT2D eigenvalue weighted by Crippen LogP contribution is -2.20. The average molecular weight is 325 g/mol. The number of benzene rings is 2. The van der Waals surface area contributed by atoms with Gasteiger partial charge in [-0.15, -0.1) is 0 Å². The molecule has 0 bridgehead atoms. The number of anilines is 1. The number of carbonyl (C=O) groups excluding carboxylic acids is 1. The number of hydrogen-bond acceptors (Lipinski definition) is 3. The maximum absolute atomic E-state index is 11.8. The summed E-state index contributed by atoms with van der Waals surface area (Å²) in [7, 11) is 0. The molecule has 0 saturated carbocycles. The molecule has 1 amide bonds. The summed E-state index contributed by atoms with van der Waals surface area (Å²) in [5, 5.41) is 3.83. The first-order valence-electron chi connectivity index (χ1n) is 6.26.